The van der Waals surface area contributed by atoms with E-state index in [-0.39, 0.29) is 11.8 Å². The Hall–Kier alpha value is -2.93. The number of nitrogens with zero attached hydrogens (tertiary/aromatic N) is 1. The molecule has 0 aliphatic carbocycles. The molecule has 2 aromatic carbocycles. The number of hydrogen-bond donors (Lipinski definition) is 2. The minimum Gasteiger partial charge on any atom is -0.494 e. The van der Waals surface area contributed by atoms with Crippen molar-refractivity contribution in [3.8, 4) is 5.75 Å². The zero-order chi connectivity index (χ0) is 21.3. The Bertz CT molecular complexity index is 999. The minimum absolute atomic E-state index is 0.0267. The first-order valence-electron chi connectivity index (χ1n) is 10.2. The Morgan fingerprint density at radius 2 is 1.77 bits per heavy atom. The number of nitrogens with one attached hydrogen (secondary N) is 2. The molecule has 0 radical (unpaired) electrons. The fourth-order valence-corrected chi connectivity index (χ4v) is 3.86. The molecular weight excluding hydrogens is 398 g/mol. The van der Waals surface area contributed by atoms with Crippen LogP contribution in [0.4, 0.5) is 5.13 Å². The highest BCUT2D eigenvalue weighted by molar-refractivity contribution is 7.22. The van der Waals surface area contributed by atoms with Gasteiger partial charge in [0.05, 0.1) is 23.2 Å². The van der Waals surface area contributed by atoms with Gasteiger partial charge in [0.2, 0.25) is 11.8 Å². The Balaban J connectivity index is 1.53. The van der Waals surface area contributed by atoms with Crippen molar-refractivity contribution in [3.05, 3.63) is 53.6 Å². The topological polar surface area (TPSA) is 80.3 Å². The number of benzene rings is 2. The van der Waals surface area contributed by atoms with Crippen LogP contribution < -0.4 is 15.4 Å². The third kappa shape index (κ3) is 6.29. The molecule has 7 heteroatoms. The molecular formula is C23H27N3O3S. The second-order valence-corrected chi connectivity index (χ2v) is 8.10. The van der Waals surface area contributed by atoms with Gasteiger partial charge < -0.3 is 15.4 Å². The highest BCUT2D eigenvalue weighted by atomic mass is 32.1. The third-order valence-corrected chi connectivity index (χ3v) is 5.36. The maximum absolute atomic E-state index is 12.3. The van der Waals surface area contributed by atoms with Gasteiger partial charge >= 0.3 is 0 Å². The summed E-state index contributed by atoms with van der Waals surface area (Å²) in [5.41, 5.74) is 2.76. The lowest BCUT2D eigenvalue weighted by Crippen LogP contribution is -2.24. The van der Waals surface area contributed by atoms with E-state index in [1.807, 2.05) is 49.4 Å². The van der Waals surface area contributed by atoms with E-state index in [1.54, 1.807) is 0 Å². The van der Waals surface area contributed by atoms with E-state index in [0.29, 0.717) is 31.1 Å². The van der Waals surface area contributed by atoms with Crippen LogP contribution in [0.5, 0.6) is 5.75 Å². The molecule has 1 heterocycles. The average molecular weight is 426 g/mol. The van der Waals surface area contributed by atoms with Crippen LogP contribution in [0.1, 0.15) is 44.2 Å². The van der Waals surface area contributed by atoms with Crippen LogP contribution in [0.15, 0.2) is 42.5 Å². The smallest absolute Gasteiger partial charge is 0.226 e. The largest absolute Gasteiger partial charge is 0.494 e. The Morgan fingerprint density at radius 1 is 1.00 bits per heavy atom. The zero-order valence-electron chi connectivity index (χ0n) is 17.4. The molecule has 6 nitrogen and oxygen atoms in total. The van der Waals surface area contributed by atoms with Crippen molar-refractivity contribution in [2.45, 2.75) is 46.1 Å². The number of amides is 2. The van der Waals surface area contributed by atoms with Crippen LogP contribution in [-0.4, -0.2) is 23.4 Å². The number of anilines is 1. The summed E-state index contributed by atoms with van der Waals surface area (Å²) < 4.78 is 6.52. The molecule has 0 spiro atoms. The molecule has 0 aliphatic rings. The average Bonchev–Trinajstić information content (AvgIpc) is 3.13. The molecule has 0 fully saturated rings. The van der Waals surface area contributed by atoms with Gasteiger partial charge in [-0.3, -0.25) is 9.59 Å². The highest BCUT2D eigenvalue weighted by Gasteiger charge is 2.10. The molecule has 2 amide bonds. The van der Waals surface area contributed by atoms with E-state index in [4.69, 9.17) is 4.74 Å². The number of aromatic nitrogens is 1. The van der Waals surface area contributed by atoms with Crippen molar-refractivity contribution in [1.82, 2.24) is 10.3 Å². The molecule has 0 atom stereocenters. The van der Waals surface area contributed by atoms with Crippen LogP contribution in [-0.2, 0) is 22.6 Å². The van der Waals surface area contributed by atoms with Gasteiger partial charge in [-0.2, -0.15) is 0 Å². The van der Waals surface area contributed by atoms with Crippen LogP contribution >= 0.6 is 11.3 Å². The summed E-state index contributed by atoms with van der Waals surface area (Å²) in [6.45, 7) is 5.21. The van der Waals surface area contributed by atoms with Crippen molar-refractivity contribution >= 4 is 38.5 Å². The Labute approximate surface area is 180 Å². The molecule has 2 N–H and O–H groups in total. The second-order valence-electron chi connectivity index (χ2n) is 7.07. The summed E-state index contributed by atoms with van der Waals surface area (Å²) in [4.78, 5) is 28.5. The molecule has 30 heavy (non-hydrogen) atoms. The second kappa shape index (κ2) is 10.7. The molecule has 0 saturated heterocycles. The lowest BCUT2D eigenvalue weighted by Gasteiger charge is -2.08. The van der Waals surface area contributed by atoms with E-state index in [0.717, 1.165) is 39.9 Å². The van der Waals surface area contributed by atoms with Crippen molar-refractivity contribution in [2.75, 3.05) is 11.9 Å². The van der Waals surface area contributed by atoms with Gasteiger partial charge in [-0.15, -0.1) is 0 Å². The first-order chi connectivity index (χ1) is 14.6. The van der Waals surface area contributed by atoms with Crippen molar-refractivity contribution in [1.29, 1.82) is 0 Å². The maximum atomic E-state index is 12.3. The first-order valence-corrected chi connectivity index (χ1v) is 11.1. The van der Waals surface area contributed by atoms with Crippen molar-refractivity contribution < 1.29 is 14.3 Å². The third-order valence-electron chi connectivity index (χ3n) is 4.43. The molecule has 0 saturated carbocycles. The van der Waals surface area contributed by atoms with Gasteiger partial charge in [0.25, 0.3) is 0 Å². The number of fused-ring (bicyclic) bond motifs is 1. The van der Waals surface area contributed by atoms with Crippen molar-refractivity contribution in [3.63, 3.8) is 0 Å². The van der Waals surface area contributed by atoms with Crippen molar-refractivity contribution in [2.24, 2.45) is 0 Å². The number of carbonyl (C=O) groups is 2. The molecule has 158 valence electrons. The van der Waals surface area contributed by atoms with E-state index < -0.39 is 0 Å². The molecule has 3 rings (SSSR count). The van der Waals surface area contributed by atoms with Gasteiger partial charge in [-0.05, 0) is 48.2 Å². The number of hydrogen-bond acceptors (Lipinski definition) is 5. The maximum Gasteiger partial charge on any atom is 0.226 e. The fourth-order valence-electron chi connectivity index (χ4n) is 2.91. The standard InChI is InChI=1S/C23H27N3O3S/c1-3-5-21(27)26-23-25-19-11-8-17(13-20(19)30-23)14-22(28)24-15-16-6-9-18(10-7-16)29-12-4-2/h6-11,13H,3-5,12,14-15H2,1-2H3,(H,24,28)(H,25,26,27). The molecule has 3 aromatic rings. The van der Waals surface area contributed by atoms with Crippen LogP contribution in [0.25, 0.3) is 10.2 Å². The quantitative estimate of drug-likeness (QED) is 0.494. The normalized spacial score (nSPS) is 10.7. The Kier molecular flexibility index (Phi) is 7.79. The van der Waals surface area contributed by atoms with E-state index in [2.05, 4.69) is 22.5 Å². The number of thiazole rings is 1. The first kappa shape index (κ1) is 21.8. The van der Waals surface area contributed by atoms with Gasteiger partial charge in [0.1, 0.15) is 5.75 Å². The van der Waals surface area contributed by atoms with Gasteiger partial charge in [0, 0.05) is 13.0 Å². The summed E-state index contributed by atoms with van der Waals surface area (Å²) in [6, 6.07) is 13.5. The summed E-state index contributed by atoms with van der Waals surface area (Å²) in [6.07, 6.45) is 2.55. The molecule has 0 aliphatic heterocycles. The predicted molar refractivity (Wildman–Crippen MR) is 121 cm³/mol. The summed E-state index contributed by atoms with van der Waals surface area (Å²) in [5.74, 6) is 0.776. The minimum atomic E-state index is -0.0401. The number of rotatable bonds is 10. The number of carbonyl (C=O) groups excluding carboxylic acids is 2. The van der Waals surface area contributed by atoms with E-state index in [9.17, 15) is 9.59 Å². The lowest BCUT2D eigenvalue weighted by molar-refractivity contribution is -0.120. The van der Waals surface area contributed by atoms with Crippen LogP contribution in [0.3, 0.4) is 0 Å². The SMILES string of the molecule is CCCOc1ccc(CNC(=O)Cc2ccc3nc(NC(=O)CCC)sc3c2)cc1. The van der Waals surface area contributed by atoms with Gasteiger partial charge in [-0.25, -0.2) is 4.98 Å². The zero-order valence-corrected chi connectivity index (χ0v) is 18.2. The summed E-state index contributed by atoms with van der Waals surface area (Å²) in [5, 5.41) is 6.37. The highest BCUT2D eigenvalue weighted by Crippen LogP contribution is 2.27. The van der Waals surface area contributed by atoms with E-state index in [1.165, 1.54) is 11.3 Å². The predicted octanol–water partition coefficient (Wildman–Crippen LogP) is 4.68. The molecule has 0 unspecified atom stereocenters. The van der Waals surface area contributed by atoms with Crippen LogP contribution in [0.2, 0.25) is 0 Å². The van der Waals surface area contributed by atoms with Crippen LogP contribution in [0, 0.1) is 0 Å². The molecule has 0 bridgehead atoms. The van der Waals surface area contributed by atoms with Gasteiger partial charge in [-0.1, -0.05) is 43.4 Å². The fraction of sp³-hybridized carbons (Fsp3) is 0.348. The van der Waals surface area contributed by atoms with Gasteiger partial charge in [0.15, 0.2) is 5.13 Å². The molecule has 1 aromatic heterocycles. The monoisotopic (exact) mass is 425 g/mol. The van der Waals surface area contributed by atoms with E-state index >= 15 is 0 Å². The number of ether oxygens (including phenoxy) is 1. The lowest BCUT2D eigenvalue weighted by atomic mass is 10.1. The summed E-state index contributed by atoms with van der Waals surface area (Å²) >= 11 is 1.42. The Morgan fingerprint density at radius 3 is 2.50 bits per heavy atom. The summed E-state index contributed by atoms with van der Waals surface area (Å²) in [7, 11) is 0.